The molecule has 2 aromatic carbocycles. The van der Waals surface area contributed by atoms with E-state index in [2.05, 4.69) is 45.4 Å². The van der Waals surface area contributed by atoms with E-state index in [9.17, 15) is 9.90 Å². The highest BCUT2D eigenvalue weighted by molar-refractivity contribution is 9.10. The molecule has 190 valence electrons. The van der Waals surface area contributed by atoms with Crippen LogP contribution in [0.15, 0.2) is 76.0 Å². The van der Waals surface area contributed by atoms with E-state index in [1.54, 1.807) is 20.1 Å². The highest BCUT2D eigenvalue weighted by Gasteiger charge is 2.30. The van der Waals surface area contributed by atoms with E-state index in [1.165, 1.54) is 0 Å². The first-order valence-electron chi connectivity index (χ1n) is 12.2. The molecule has 0 spiro atoms. The number of imidazole rings is 1. The van der Waals surface area contributed by atoms with Crippen LogP contribution in [0.25, 0.3) is 11.0 Å². The number of aliphatic carboxylic acids is 1. The number of allylic oxidation sites excluding steroid dienone is 3. The van der Waals surface area contributed by atoms with Crippen LogP contribution >= 0.6 is 15.9 Å². The molecule has 3 rings (SSSR count). The van der Waals surface area contributed by atoms with Crippen LogP contribution in [0, 0.1) is 5.41 Å². The van der Waals surface area contributed by atoms with Gasteiger partial charge in [-0.25, -0.2) is 4.98 Å². The Balaban J connectivity index is 1.94. The van der Waals surface area contributed by atoms with E-state index in [0.29, 0.717) is 18.7 Å². The number of fused-ring (bicyclic) bond motifs is 1. The van der Waals surface area contributed by atoms with Crippen molar-refractivity contribution in [1.29, 1.82) is 0 Å². The fourth-order valence-corrected chi connectivity index (χ4v) is 3.95. The molecular formula is C29H34BrN3O3. The molecule has 6 nitrogen and oxygen atoms in total. The highest BCUT2D eigenvalue weighted by atomic mass is 79.9. The third-order valence-electron chi connectivity index (χ3n) is 5.83. The van der Waals surface area contributed by atoms with Gasteiger partial charge in [0.1, 0.15) is 17.8 Å². The number of nitrogens with zero attached hydrogens (tertiary/aromatic N) is 3. The molecule has 0 bridgehead atoms. The van der Waals surface area contributed by atoms with E-state index in [4.69, 9.17) is 9.72 Å². The largest absolute Gasteiger partial charge is 0.481 e. The molecule has 0 unspecified atom stereocenters. The Morgan fingerprint density at radius 3 is 2.56 bits per heavy atom. The van der Waals surface area contributed by atoms with Gasteiger partial charge in [0.15, 0.2) is 0 Å². The number of ether oxygens (including phenoxy) is 1. The van der Waals surface area contributed by atoms with Crippen LogP contribution in [-0.2, 0) is 17.8 Å². The fraction of sp³-hybridized carbons (Fsp3) is 0.345. The first kappa shape index (κ1) is 27.4. The van der Waals surface area contributed by atoms with Crippen LogP contribution in [0.5, 0.6) is 5.75 Å². The number of carboxylic acid groups (broad SMARTS) is 1. The van der Waals surface area contributed by atoms with Gasteiger partial charge in [0.05, 0.1) is 22.1 Å². The third kappa shape index (κ3) is 7.17. The maximum absolute atomic E-state index is 11.8. The molecule has 0 aliphatic heterocycles. The summed E-state index contributed by atoms with van der Waals surface area (Å²) < 4.78 is 9.00. The Kier molecular flexibility index (Phi) is 9.26. The van der Waals surface area contributed by atoms with Gasteiger partial charge >= 0.3 is 5.97 Å². The minimum absolute atomic E-state index is 0.308. The maximum Gasteiger partial charge on any atom is 0.309 e. The Morgan fingerprint density at radius 1 is 1.19 bits per heavy atom. The summed E-state index contributed by atoms with van der Waals surface area (Å²) in [5, 5.41) is 9.70. The number of benzene rings is 2. The molecule has 0 aliphatic rings. The van der Waals surface area contributed by atoms with E-state index in [0.717, 1.165) is 51.1 Å². The molecule has 36 heavy (non-hydrogen) atoms. The van der Waals surface area contributed by atoms with Crippen LogP contribution in [-0.4, -0.2) is 26.3 Å². The van der Waals surface area contributed by atoms with Crippen molar-refractivity contribution in [3.8, 4) is 5.75 Å². The van der Waals surface area contributed by atoms with Crippen molar-refractivity contribution in [2.75, 3.05) is 0 Å². The Labute approximate surface area is 221 Å². The average molecular weight is 553 g/mol. The quantitative estimate of drug-likeness (QED) is 0.197. The van der Waals surface area contributed by atoms with Gasteiger partial charge in [-0.1, -0.05) is 48.0 Å². The predicted octanol–water partition coefficient (Wildman–Crippen LogP) is 7.56. The third-order valence-corrected chi connectivity index (χ3v) is 6.35. The number of aromatic nitrogens is 2. The van der Waals surface area contributed by atoms with Crippen molar-refractivity contribution < 1.29 is 14.6 Å². The molecule has 0 saturated carbocycles. The van der Waals surface area contributed by atoms with E-state index in [1.807, 2.05) is 55.5 Å². The predicted molar refractivity (Wildman–Crippen MR) is 150 cm³/mol. The molecule has 7 heteroatoms. The summed E-state index contributed by atoms with van der Waals surface area (Å²) in [6.07, 6.45) is 7.91. The minimum atomic E-state index is -0.945. The topological polar surface area (TPSA) is 76.7 Å². The number of hydrogen-bond acceptors (Lipinski definition) is 4. The summed E-state index contributed by atoms with van der Waals surface area (Å²) in [5.41, 5.74) is 3.62. The lowest BCUT2D eigenvalue weighted by Crippen LogP contribution is -2.27. The number of halogens is 1. The number of aliphatic imine (C=N–C) groups is 1. The van der Waals surface area contributed by atoms with Gasteiger partial charge in [0.25, 0.3) is 0 Å². The van der Waals surface area contributed by atoms with Gasteiger partial charge in [0.2, 0.25) is 0 Å². The zero-order valence-corrected chi connectivity index (χ0v) is 23.2. The minimum Gasteiger partial charge on any atom is -0.481 e. The highest BCUT2D eigenvalue weighted by Crippen LogP contribution is 2.28. The van der Waals surface area contributed by atoms with Crippen molar-refractivity contribution in [3.63, 3.8) is 0 Å². The zero-order valence-electron chi connectivity index (χ0n) is 21.6. The van der Waals surface area contributed by atoms with Crippen molar-refractivity contribution >= 4 is 38.6 Å². The second kappa shape index (κ2) is 12.2. The molecule has 0 radical (unpaired) electrons. The summed E-state index contributed by atoms with van der Waals surface area (Å²) in [6, 6.07) is 13.9. The lowest BCUT2D eigenvalue weighted by molar-refractivity contribution is -0.146. The summed E-state index contributed by atoms with van der Waals surface area (Å²) in [5.74, 6) is 0.524. The number of carboxylic acids is 1. The molecule has 0 atom stereocenters. The second-order valence-electron chi connectivity index (χ2n) is 9.40. The molecule has 0 fully saturated rings. The fourth-order valence-electron chi connectivity index (χ4n) is 3.68. The molecular weight excluding hydrogens is 518 g/mol. The van der Waals surface area contributed by atoms with Crippen LogP contribution in [0.2, 0.25) is 0 Å². The van der Waals surface area contributed by atoms with Crippen LogP contribution < -0.4 is 4.74 Å². The first-order chi connectivity index (χ1) is 17.1. The zero-order chi connectivity index (χ0) is 26.3. The van der Waals surface area contributed by atoms with Gasteiger partial charge < -0.3 is 14.4 Å². The van der Waals surface area contributed by atoms with Crippen molar-refractivity contribution in [3.05, 3.63) is 82.4 Å². The summed E-state index contributed by atoms with van der Waals surface area (Å²) in [4.78, 5) is 21.3. The maximum atomic E-state index is 11.8. The van der Waals surface area contributed by atoms with E-state index >= 15 is 0 Å². The van der Waals surface area contributed by atoms with Crippen molar-refractivity contribution in [2.45, 2.75) is 60.4 Å². The van der Waals surface area contributed by atoms with Gasteiger partial charge in [-0.15, -0.1) is 0 Å². The Bertz CT molecular complexity index is 1300. The normalized spacial score (nSPS) is 13.1. The standard InChI is InChI=1S/C29H34BrN3O3/c1-6-8-9-23(7-2)31-20(3)19-36-24-14-15-26-25(16-24)32-27(17-29(4,5)28(34)35)33(26)18-21-10-12-22(30)13-11-21/h8-16,19H,6-7,17-18H2,1-5H3,(H,34,35)/b9-8-,20-19+,31-23-. The molecule has 1 N–H and O–H groups in total. The van der Waals surface area contributed by atoms with Gasteiger partial charge in [0, 0.05) is 29.2 Å². The molecule has 0 amide bonds. The lowest BCUT2D eigenvalue weighted by Gasteiger charge is -2.19. The number of rotatable bonds is 11. The average Bonchev–Trinajstić information content (AvgIpc) is 3.16. The molecule has 1 heterocycles. The monoisotopic (exact) mass is 551 g/mol. The summed E-state index contributed by atoms with van der Waals surface area (Å²) >= 11 is 3.48. The van der Waals surface area contributed by atoms with E-state index < -0.39 is 11.4 Å². The van der Waals surface area contributed by atoms with Crippen LogP contribution in [0.1, 0.15) is 58.8 Å². The second-order valence-corrected chi connectivity index (χ2v) is 10.3. The first-order valence-corrected chi connectivity index (χ1v) is 13.0. The Morgan fingerprint density at radius 2 is 1.92 bits per heavy atom. The molecule has 3 aromatic rings. The van der Waals surface area contributed by atoms with Gasteiger partial charge in [-0.3, -0.25) is 9.79 Å². The van der Waals surface area contributed by atoms with Crippen LogP contribution in [0.4, 0.5) is 0 Å². The van der Waals surface area contributed by atoms with Crippen molar-refractivity contribution in [2.24, 2.45) is 10.4 Å². The number of carbonyl (C=O) groups is 1. The molecule has 1 aromatic heterocycles. The van der Waals surface area contributed by atoms with E-state index in [-0.39, 0.29) is 0 Å². The molecule has 0 saturated heterocycles. The van der Waals surface area contributed by atoms with Gasteiger partial charge in [-0.2, -0.15) is 0 Å². The summed E-state index contributed by atoms with van der Waals surface area (Å²) in [7, 11) is 0. The van der Waals surface area contributed by atoms with Gasteiger partial charge in [-0.05, 0) is 69.5 Å². The van der Waals surface area contributed by atoms with Crippen LogP contribution in [0.3, 0.4) is 0 Å². The Hall–Kier alpha value is -3.19. The summed E-state index contributed by atoms with van der Waals surface area (Å²) in [6.45, 7) is 10.1. The SMILES string of the molecule is CC\C=C/C(CC)=N\C(C)=C\Oc1ccc2c(c1)nc(CC(C)(C)C(=O)O)n2Cc1ccc(Br)cc1. The smallest absolute Gasteiger partial charge is 0.309 e. The lowest BCUT2D eigenvalue weighted by atomic mass is 9.89. The van der Waals surface area contributed by atoms with Crippen molar-refractivity contribution in [1.82, 2.24) is 9.55 Å². The number of hydrogen-bond donors (Lipinski definition) is 1. The molecule has 0 aliphatic carbocycles.